The molecule has 4 rings (SSSR count). The fraction of sp³-hybridized carbons (Fsp3) is 0.0476. The van der Waals surface area contributed by atoms with E-state index in [4.69, 9.17) is 0 Å². The first-order valence-electron chi connectivity index (χ1n) is 8.16. The Morgan fingerprint density at radius 1 is 0.962 bits per heavy atom. The topological polar surface area (TPSA) is 55.1 Å². The zero-order chi connectivity index (χ0) is 18.1. The van der Waals surface area contributed by atoms with E-state index in [1.807, 2.05) is 30.5 Å². The molecule has 0 amide bonds. The molecule has 0 saturated heterocycles. The number of hydrogen-bond acceptors (Lipinski definition) is 2. The van der Waals surface area contributed by atoms with Crippen molar-refractivity contribution >= 4 is 16.9 Å². The molecule has 0 aliphatic rings. The Morgan fingerprint density at radius 3 is 2.50 bits per heavy atom. The second kappa shape index (κ2) is 6.44. The second-order valence-corrected chi connectivity index (χ2v) is 6.01. The highest BCUT2D eigenvalue weighted by atomic mass is 19.1. The second-order valence-electron chi connectivity index (χ2n) is 6.01. The Hall–Kier alpha value is -3.47. The van der Waals surface area contributed by atoms with Crippen LogP contribution in [0.4, 0.5) is 4.39 Å². The normalized spacial score (nSPS) is 11.0. The Morgan fingerprint density at radius 2 is 1.69 bits per heavy atom. The lowest BCUT2D eigenvalue weighted by molar-refractivity contribution is 0.0697. The third-order valence-electron chi connectivity index (χ3n) is 4.34. The summed E-state index contributed by atoms with van der Waals surface area (Å²) < 4.78 is 15.6. The van der Waals surface area contributed by atoms with Gasteiger partial charge in [-0.1, -0.05) is 48.5 Å². The zero-order valence-electron chi connectivity index (χ0n) is 13.8. The molecular formula is C21H15FN2O2. The van der Waals surface area contributed by atoms with Gasteiger partial charge in [0.2, 0.25) is 0 Å². The van der Waals surface area contributed by atoms with Gasteiger partial charge in [-0.25, -0.2) is 9.18 Å². The van der Waals surface area contributed by atoms with Crippen LogP contribution < -0.4 is 0 Å². The summed E-state index contributed by atoms with van der Waals surface area (Å²) >= 11 is 0. The van der Waals surface area contributed by atoms with E-state index < -0.39 is 5.97 Å². The van der Waals surface area contributed by atoms with Crippen molar-refractivity contribution in [3.63, 3.8) is 0 Å². The van der Waals surface area contributed by atoms with Crippen molar-refractivity contribution in [1.29, 1.82) is 0 Å². The first kappa shape index (κ1) is 16.0. The van der Waals surface area contributed by atoms with E-state index in [2.05, 4.69) is 5.10 Å². The minimum Gasteiger partial charge on any atom is -0.478 e. The lowest BCUT2D eigenvalue weighted by Gasteiger charge is -2.07. The number of carboxylic acids is 1. The van der Waals surface area contributed by atoms with Gasteiger partial charge in [-0.15, -0.1) is 0 Å². The van der Waals surface area contributed by atoms with Crippen molar-refractivity contribution in [3.8, 4) is 11.1 Å². The molecular weight excluding hydrogens is 331 g/mol. The molecule has 0 spiro atoms. The number of fused-ring (bicyclic) bond motifs is 1. The van der Waals surface area contributed by atoms with Crippen LogP contribution >= 0.6 is 0 Å². The predicted molar refractivity (Wildman–Crippen MR) is 97.6 cm³/mol. The molecule has 128 valence electrons. The van der Waals surface area contributed by atoms with Crippen LogP contribution in [0.25, 0.3) is 22.0 Å². The van der Waals surface area contributed by atoms with Crippen molar-refractivity contribution < 1.29 is 14.3 Å². The monoisotopic (exact) mass is 346 g/mol. The fourth-order valence-electron chi connectivity index (χ4n) is 3.11. The van der Waals surface area contributed by atoms with Crippen LogP contribution in [0.2, 0.25) is 0 Å². The first-order valence-corrected chi connectivity index (χ1v) is 8.16. The number of aromatic nitrogens is 2. The largest absolute Gasteiger partial charge is 0.478 e. The molecule has 0 saturated carbocycles. The number of carbonyl (C=O) groups is 1. The Bertz CT molecular complexity index is 1120. The quantitative estimate of drug-likeness (QED) is 0.588. The van der Waals surface area contributed by atoms with Gasteiger partial charge in [-0.05, 0) is 29.3 Å². The maximum atomic E-state index is 13.9. The lowest BCUT2D eigenvalue weighted by atomic mass is 9.97. The Labute approximate surface area is 149 Å². The molecule has 0 atom stereocenters. The predicted octanol–water partition coefficient (Wildman–Crippen LogP) is 4.59. The van der Waals surface area contributed by atoms with Gasteiger partial charge in [0.1, 0.15) is 5.82 Å². The van der Waals surface area contributed by atoms with Gasteiger partial charge in [0.25, 0.3) is 0 Å². The number of rotatable bonds is 4. The van der Waals surface area contributed by atoms with Gasteiger partial charge < -0.3 is 5.11 Å². The summed E-state index contributed by atoms with van der Waals surface area (Å²) in [4.78, 5) is 11.6. The SMILES string of the molecule is O=C(O)c1ccccc1-c1cccc2nn(Cc3ccccc3F)cc12. The molecule has 0 unspecified atom stereocenters. The minimum absolute atomic E-state index is 0.238. The number of hydrogen-bond donors (Lipinski definition) is 1. The van der Waals surface area contributed by atoms with Crippen LogP contribution in [-0.2, 0) is 6.54 Å². The van der Waals surface area contributed by atoms with Crippen molar-refractivity contribution in [1.82, 2.24) is 9.78 Å². The molecule has 3 aromatic carbocycles. The third-order valence-corrected chi connectivity index (χ3v) is 4.34. The summed E-state index contributed by atoms with van der Waals surface area (Å²) in [6.07, 6.45) is 1.83. The van der Waals surface area contributed by atoms with Crippen LogP contribution in [0.5, 0.6) is 0 Å². The van der Waals surface area contributed by atoms with Crippen LogP contribution in [0.15, 0.2) is 72.9 Å². The van der Waals surface area contributed by atoms with Crippen LogP contribution in [0.3, 0.4) is 0 Å². The highest BCUT2D eigenvalue weighted by Crippen LogP contribution is 2.31. The molecule has 1 aromatic heterocycles. The van der Waals surface area contributed by atoms with Gasteiger partial charge in [-0.2, -0.15) is 5.10 Å². The number of carboxylic acid groups (broad SMARTS) is 1. The van der Waals surface area contributed by atoms with Crippen LogP contribution in [0, 0.1) is 5.82 Å². The minimum atomic E-state index is -0.976. The van der Waals surface area contributed by atoms with E-state index in [9.17, 15) is 14.3 Å². The number of halogens is 1. The summed E-state index contributed by atoms with van der Waals surface area (Å²) in [5, 5.41) is 14.8. The Balaban J connectivity index is 1.83. The smallest absolute Gasteiger partial charge is 0.336 e. The summed E-state index contributed by atoms with van der Waals surface area (Å²) in [5.74, 6) is -1.25. The average molecular weight is 346 g/mol. The van der Waals surface area contributed by atoms with Crippen molar-refractivity contribution in [2.75, 3.05) is 0 Å². The summed E-state index contributed by atoms with van der Waals surface area (Å²) in [6.45, 7) is 0.307. The van der Waals surface area contributed by atoms with E-state index in [1.165, 1.54) is 6.07 Å². The maximum absolute atomic E-state index is 13.9. The summed E-state index contributed by atoms with van der Waals surface area (Å²) in [7, 11) is 0. The fourth-order valence-corrected chi connectivity index (χ4v) is 3.11. The van der Waals surface area contributed by atoms with Crippen molar-refractivity contribution in [2.24, 2.45) is 0 Å². The highest BCUT2D eigenvalue weighted by Gasteiger charge is 2.15. The average Bonchev–Trinajstić information content (AvgIpc) is 3.06. The van der Waals surface area contributed by atoms with Crippen molar-refractivity contribution in [3.05, 3.63) is 89.9 Å². The number of benzene rings is 3. The van der Waals surface area contributed by atoms with E-state index >= 15 is 0 Å². The number of aromatic carboxylic acids is 1. The molecule has 0 radical (unpaired) electrons. The maximum Gasteiger partial charge on any atom is 0.336 e. The molecule has 4 nitrogen and oxygen atoms in total. The molecule has 0 fully saturated rings. The van der Waals surface area contributed by atoms with E-state index in [0.717, 1.165) is 16.5 Å². The van der Waals surface area contributed by atoms with Gasteiger partial charge in [0, 0.05) is 17.1 Å². The molecule has 5 heteroatoms. The van der Waals surface area contributed by atoms with Crippen LogP contribution in [0.1, 0.15) is 15.9 Å². The van der Waals surface area contributed by atoms with E-state index in [0.29, 0.717) is 17.7 Å². The molecule has 0 bridgehead atoms. The van der Waals surface area contributed by atoms with Gasteiger partial charge in [-0.3, -0.25) is 4.68 Å². The van der Waals surface area contributed by atoms with Crippen molar-refractivity contribution in [2.45, 2.75) is 6.54 Å². The third kappa shape index (κ3) is 2.84. The van der Waals surface area contributed by atoms with Gasteiger partial charge in [0.05, 0.1) is 17.6 Å². The van der Waals surface area contributed by atoms with E-state index in [-0.39, 0.29) is 11.4 Å². The van der Waals surface area contributed by atoms with Gasteiger partial charge >= 0.3 is 5.97 Å². The zero-order valence-corrected chi connectivity index (χ0v) is 13.8. The Kier molecular flexibility index (Phi) is 3.97. The highest BCUT2D eigenvalue weighted by molar-refractivity contribution is 6.02. The molecule has 1 N–H and O–H groups in total. The lowest BCUT2D eigenvalue weighted by Crippen LogP contribution is -2.01. The van der Waals surface area contributed by atoms with E-state index in [1.54, 1.807) is 41.1 Å². The summed E-state index contributed by atoms with van der Waals surface area (Å²) in [6, 6.07) is 19.0. The molecule has 1 heterocycles. The van der Waals surface area contributed by atoms with Crippen LogP contribution in [-0.4, -0.2) is 20.9 Å². The standard InChI is InChI=1S/C21H15FN2O2/c22-19-10-4-1-6-14(19)12-24-13-18-16(9-5-11-20(18)23-24)15-7-2-3-8-17(15)21(25)26/h1-11,13H,12H2,(H,25,26). The van der Waals surface area contributed by atoms with Gasteiger partial charge in [0.15, 0.2) is 0 Å². The molecule has 4 aromatic rings. The molecule has 0 aliphatic carbocycles. The molecule has 26 heavy (non-hydrogen) atoms. The first-order chi connectivity index (χ1) is 12.6. The summed E-state index contributed by atoms with van der Waals surface area (Å²) in [5.41, 5.74) is 2.95. The number of nitrogens with zero attached hydrogens (tertiary/aromatic N) is 2. The molecule has 0 aliphatic heterocycles.